The maximum atomic E-state index is 12.0. The van der Waals surface area contributed by atoms with E-state index in [1.54, 1.807) is 25.1 Å². The number of fused-ring (bicyclic) bond motifs is 1. The lowest BCUT2D eigenvalue weighted by molar-refractivity contribution is -0.136. The molecule has 7 heteroatoms. The number of nitrogens with one attached hydrogen (secondary N) is 2. The Labute approximate surface area is 114 Å². The SMILES string of the molecule is CC1Oc2c(cccc2C(=O)NCCC(=O)O)NC1=O. The number of ether oxygens (including phenoxy) is 1. The molecule has 0 spiro atoms. The van der Waals surface area contributed by atoms with Gasteiger partial charge in [-0.05, 0) is 19.1 Å². The Kier molecular flexibility index (Phi) is 3.88. The van der Waals surface area contributed by atoms with E-state index in [-0.39, 0.29) is 24.4 Å². The van der Waals surface area contributed by atoms with E-state index < -0.39 is 18.0 Å². The molecule has 1 heterocycles. The number of para-hydroxylation sites is 1. The molecule has 106 valence electrons. The number of amides is 2. The maximum Gasteiger partial charge on any atom is 0.305 e. The maximum absolute atomic E-state index is 12.0. The summed E-state index contributed by atoms with van der Waals surface area (Å²) in [5, 5.41) is 13.7. The first-order chi connectivity index (χ1) is 9.49. The lowest BCUT2D eigenvalue weighted by Gasteiger charge is -2.25. The second-order valence-electron chi connectivity index (χ2n) is 4.33. The Morgan fingerprint density at radius 3 is 2.90 bits per heavy atom. The largest absolute Gasteiger partial charge is 0.481 e. The van der Waals surface area contributed by atoms with Crippen molar-refractivity contribution in [2.75, 3.05) is 11.9 Å². The van der Waals surface area contributed by atoms with Gasteiger partial charge in [-0.1, -0.05) is 6.07 Å². The van der Waals surface area contributed by atoms with Gasteiger partial charge < -0.3 is 20.5 Å². The van der Waals surface area contributed by atoms with Gasteiger partial charge in [0.15, 0.2) is 11.9 Å². The van der Waals surface area contributed by atoms with Gasteiger partial charge in [0.2, 0.25) is 0 Å². The zero-order chi connectivity index (χ0) is 14.7. The van der Waals surface area contributed by atoms with Crippen LogP contribution in [0.1, 0.15) is 23.7 Å². The third kappa shape index (κ3) is 2.87. The van der Waals surface area contributed by atoms with Crippen molar-refractivity contribution >= 4 is 23.5 Å². The van der Waals surface area contributed by atoms with Crippen LogP contribution in [0.15, 0.2) is 18.2 Å². The summed E-state index contributed by atoms with van der Waals surface area (Å²) < 4.78 is 5.43. The van der Waals surface area contributed by atoms with Crippen LogP contribution in [0, 0.1) is 0 Å². The van der Waals surface area contributed by atoms with Crippen LogP contribution in [0.5, 0.6) is 5.75 Å². The molecule has 20 heavy (non-hydrogen) atoms. The van der Waals surface area contributed by atoms with E-state index in [4.69, 9.17) is 9.84 Å². The number of rotatable bonds is 4. The number of benzene rings is 1. The van der Waals surface area contributed by atoms with E-state index in [1.165, 1.54) is 0 Å². The quantitative estimate of drug-likeness (QED) is 0.748. The number of carbonyl (C=O) groups excluding carboxylic acids is 2. The average Bonchev–Trinajstić information content (AvgIpc) is 2.39. The summed E-state index contributed by atoms with van der Waals surface area (Å²) in [5.41, 5.74) is 0.693. The number of hydrogen-bond donors (Lipinski definition) is 3. The number of hydrogen-bond acceptors (Lipinski definition) is 4. The van der Waals surface area contributed by atoms with Crippen molar-refractivity contribution in [3.8, 4) is 5.75 Å². The second kappa shape index (κ2) is 5.60. The summed E-state index contributed by atoms with van der Waals surface area (Å²) in [4.78, 5) is 33.9. The highest BCUT2D eigenvalue weighted by molar-refractivity contribution is 6.04. The molecular formula is C13H14N2O5. The van der Waals surface area contributed by atoms with Crippen molar-refractivity contribution in [2.24, 2.45) is 0 Å². The first-order valence-corrected chi connectivity index (χ1v) is 6.09. The van der Waals surface area contributed by atoms with E-state index in [9.17, 15) is 14.4 Å². The topological polar surface area (TPSA) is 105 Å². The third-order valence-electron chi connectivity index (χ3n) is 2.81. The molecule has 1 unspecified atom stereocenters. The molecule has 1 aromatic carbocycles. The monoisotopic (exact) mass is 278 g/mol. The number of carboxylic acids is 1. The third-order valence-corrected chi connectivity index (χ3v) is 2.81. The highest BCUT2D eigenvalue weighted by Gasteiger charge is 2.27. The minimum absolute atomic E-state index is 0.0275. The Bertz CT molecular complexity index is 570. The van der Waals surface area contributed by atoms with Gasteiger partial charge in [0.1, 0.15) is 0 Å². The van der Waals surface area contributed by atoms with Crippen molar-refractivity contribution in [1.29, 1.82) is 0 Å². The predicted octanol–water partition coefficient (Wildman–Crippen LogP) is 0.610. The highest BCUT2D eigenvalue weighted by atomic mass is 16.5. The van der Waals surface area contributed by atoms with Crippen LogP contribution in [0.4, 0.5) is 5.69 Å². The zero-order valence-corrected chi connectivity index (χ0v) is 10.8. The molecular weight excluding hydrogens is 264 g/mol. The van der Waals surface area contributed by atoms with E-state index in [0.29, 0.717) is 11.4 Å². The summed E-state index contributed by atoms with van der Waals surface area (Å²) in [7, 11) is 0. The van der Waals surface area contributed by atoms with Crippen LogP contribution in [0.3, 0.4) is 0 Å². The van der Waals surface area contributed by atoms with Crippen molar-refractivity contribution in [1.82, 2.24) is 5.32 Å². The molecule has 7 nitrogen and oxygen atoms in total. The van der Waals surface area contributed by atoms with Crippen LogP contribution in [-0.2, 0) is 9.59 Å². The highest BCUT2D eigenvalue weighted by Crippen LogP contribution is 2.33. The predicted molar refractivity (Wildman–Crippen MR) is 69.7 cm³/mol. The fourth-order valence-corrected chi connectivity index (χ4v) is 1.78. The minimum Gasteiger partial charge on any atom is -0.481 e. The second-order valence-corrected chi connectivity index (χ2v) is 4.33. The Morgan fingerprint density at radius 2 is 2.20 bits per heavy atom. The molecule has 1 aliphatic heterocycles. The van der Waals surface area contributed by atoms with Gasteiger partial charge in [-0.2, -0.15) is 0 Å². The molecule has 0 saturated heterocycles. The van der Waals surface area contributed by atoms with Crippen molar-refractivity contribution in [2.45, 2.75) is 19.4 Å². The molecule has 0 aromatic heterocycles. The molecule has 0 aliphatic carbocycles. The van der Waals surface area contributed by atoms with Gasteiger partial charge in [-0.25, -0.2) is 0 Å². The first-order valence-electron chi connectivity index (χ1n) is 6.09. The standard InChI is InChI=1S/C13H14N2O5/c1-7-12(18)15-9-4-2-3-8(11(9)20-7)13(19)14-6-5-10(16)17/h2-4,7H,5-6H2,1H3,(H,14,19)(H,15,18)(H,16,17). The van der Waals surface area contributed by atoms with Gasteiger partial charge in [0.25, 0.3) is 11.8 Å². The van der Waals surface area contributed by atoms with Gasteiger partial charge in [-0.15, -0.1) is 0 Å². The van der Waals surface area contributed by atoms with Crippen LogP contribution >= 0.6 is 0 Å². The normalized spacial score (nSPS) is 16.6. The van der Waals surface area contributed by atoms with Crippen molar-refractivity contribution in [3.63, 3.8) is 0 Å². The lowest BCUT2D eigenvalue weighted by Crippen LogP contribution is -2.36. The van der Waals surface area contributed by atoms with E-state index in [1.807, 2.05) is 0 Å². The van der Waals surface area contributed by atoms with Crippen molar-refractivity contribution in [3.05, 3.63) is 23.8 Å². The summed E-state index contributed by atoms with van der Waals surface area (Å²) in [6.45, 7) is 1.61. The average molecular weight is 278 g/mol. The summed E-state index contributed by atoms with van der Waals surface area (Å²) >= 11 is 0. The number of aliphatic carboxylic acids is 1. The molecule has 1 aliphatic rings. The van der Waals surface area contributed by atoms with E-state index >= 15 is 0 Å². The molecule has 1 aromatic rings. The van der Waals surface area contributed by atoms with Gasteiger partial charge in [0, 0.05) is 6.54 Å². The molecule has 2 amide bonds. The van der Waals surface area contributed by atoms with Gasteiger partial charge in [0.05, 0.1) is 17.7 Å². The first kappa shape index (κ1) is 13.9. The van der Waals surface area contributed by atoms with E-state index in [0.717, 1.165) is 0 Å². The summed E-state index contributed by atoms with van der Waals surface area (Å²) in [6.07, 6.45) is -0.843. The van der Waals surface area contributed by atoms with Crippen molar-refractivity contribution < 1.29 is 24.2 Å². The molecule has 3 N–H and O–H groups in total. The minimum atomic E-state index is -0.988. The molecule has 0 fully saturated rings. The molecule has 1 atom stereocenters. The van der Waals surface area contributed by atoms with Crippen LogP contribution in [-0.4, -0.2) is 35.5 Å². The fourth-order valence-electron chi connectivity index (χ4n) is 1.78. The molecule has 0 radical (unpaired) electrons. The summed E-state index contributed by atoms with van der Waals surface area (Å²) in [6, 6.07) is 4.80. The molecule has 2 rings (SSSR count). The van der Waals surface area contributed by atoms with Crippen LogP contribution < -0.4 is 15.4 Å². The Balaban J connectivity index is 2.17. The van der Waals surface area contributed by atoms with Crippen LogP contribution in [0.25, 0.3) is 0 Å². The number of anilines is 1. The van der Waals surface area contributed by atoms with Gasteiger partial charge in [-0.3, -0.25) is 14.4 Å². The number of carboxylic acid groups (broad SMARTS) is 1. The Morgan fingerprint density at radius 1 is 1.45 bits per heavy atom. The van der Waals surface area contributed by atoms with E-state index in [2.05, 4.69) is 10.6 Å². The lowest BCUT2D eigenvalue weighted by atomic mass is 10.1. The fraction of sp³-hybridized carbons (Fsp3) is 0.308. The molecule has 0 saturated carbocycles. The zero-order valence-electron chi connectivity index (χ0n) is 10.8. The number of carbonyl (C=O) groups is 3. The van der Waals surface area contributed by atoms with Crippen LogP contribution in [0.2, 0.25) is 0 Å². The summed E-state index contributed by atoms with van der Waals surface area (Å²) in [5.74, 6) is -1.41. The smallest absolute Gasteiger partial charge is 0.305 e. The van der Waals surface area contributed by atoms with Gasteiger partial charge >= 0.3 is 5.97 Å². The molecule has 0 bridgehead atoms. The Hall–Kier alpha value is -2.57.